The molecule has 1 heterocycles. The first-order valence-electron chi connectivity index (χ1n) is 9.68. The Bertz CT molecular complexity index is 1290. The van der Waals surface area contributed by atoms with Gasteiger partial charge in [-0.25, -0.2) is 5.43 Å². The molecule has 0 spiro atoms. The Labute approximate surface area is 213 Å². The lowest BCUT2D eigenvalue weighted by atomic mass is 10.2. The summed E-state index contributed by atoms with van der Waals surface area (Å²) in [5, 5.41) is 14.5. The van der Waals surface area contributed by atoms with E-state index in [0.717, 1.165) is 21.3 Å². The molecular formula is C23H16BrCl2N5OS. The third kappa shape index (κ3) is 6.03. The molecule has 33 heavy (non-hydrogen) atoms. The quantitative estimate of drug-likeness (QED) is 0.165. The first-order chi connectivity index (χ1) is 16.0. The van der Waals surface area contributed by atoms with Crippen molar-refractivity contribution in [3.63, 3.8) is 0 Å². The van der Waals surface area contributed by atoms with Crippen molar-refractivity contribution in [2.24, 2.45) is 5.10 Å². The van der Waals surface area contributed by atoms with E-state index < -0.39 is 0 Å². The number of halogens is 3. The van der Waals surface area contributed by atoms with Gasteiger partial charge < -0.3 is 0 Å². The van der Waals surface area contributed by atoms with Gasteiger partial charge in [-0.2, -0.15) is 5.10 Å². The first-order valence-corrected chi connectivity index (χ1v) is 12.2. The van der Waals surface area contributed by atoms with E-state index in [0.29, 0.717) is 21.0 Å². The van der Waals surface area contributed by atoms with Gasteiger partial charge in [0.1, 0.15) is 0 Å². The summed E-state index contributed by atoms with van der Waals surface area (Å²) in [6.45, 7) is 0. The standard InChI is InChI=1S/C23H16BrCl2N5OS/c24-20-4-2-1-3-16(20)13-27-28-21(32)14-33-23-30-29-22(15-5-7-17(25)8-6-15)31(23)19-11-9-18(26)10-12-19/h1-13H,14H2,(H,28,32). The van der Waals surface area contributed by atoms with Crippen molar-refractivity contribution < 1.29 is 4.79 Å². The highest BCUT2D eigenvalue weighted by molar-refractivity contribution is 9.10. The zero-order valence-electron chi connectivity index (χ0n) is 17.0. The third-order valence-corrected chi connectivity index (χ3v) is 6.61. The SMILES string of the molecule is O=C(CSc1nnc(-c2ccc(Cl)cc2)n1-c1ccc(Cl)cc1)NN=Cc1ccccc1Br. The highest BCUT2D eigenvalue weighted by Crippen LogP contribution is 2.29. The van der Waals surface area contributed by atoms with Crippen molar-refractivity contribution in [2.45, 2.75) is 5.16 Å². The second kappa shape index (κ2) is 11.0. The minimum absolute atomic E-state index is 0.111. The molecule has 0 saturated heterocycles. The summed E-state index contributed by atoms with van der Waals surface area (Å²) in [4.78, 5) is 12.4. The number of benzene rings is 3. The maximum Gasteiger partial charge on any atom is 0.250 e. The first kappa shape index (κ1) is 23.5. The molecule has 0 saturated carbocycles. The fourth-order valence-corrected chi connectivity index (χ4v) is 4.27. The van der Waals surface area contributed by atoms with E-state index in [1.807, 2.05) is 53.1 Å². The van der Waals surface area contributed by atoms with Gasteiger partial charge in [0.25, 0.3) is 5.91 Å². The van der Waals surface area contributed by atoms with Crippen LogP contribution < -0.4 is 5.43 Å². The molecule has 0 aliphatic rings. The van der Waals surface area contributed by atoms with E-state index >= 15 is 0 Å². The summed E-state index contributed by atoms with van der Waals surface area (Å²) in [7, 11) is 0. The third-order valence-electron chi connectivity index (χ3n) is 4.45. The number of thioether (sulfide) groups is 1. The van der Waals surface area contributed by atoms with Crippen molar-refractivity contribution in [1.82, 2.24) is 20.2 Å². The number of carbonyl (C=O) groups excluding carboxylic acids is 1. The van der Waals surface area contributed by atoms with Crippen LogP contribution in [-0.4, -0.2) is 32.6 Å². The number of aromatic nitrogens is 3. The van der Waals surface area contributed by atoms with E-state index in [-0.39, 0.29) is 11.7 Å². The molecule has 3 aromatic carbocycles. The molecule has 1 N–H and O–H groups in total. The lowest BCUT2D eigenvalue weighted by molar-refractivity contribution is -0.118. The zero-order valence-corrected chi connectivity index (χ0v) is 20.9. The van der Waals surface area contributed by atoms with Crippen LogP contribution in [-0.2, 0) is 4.79 Å². The molecule has 1 aromatic heterocycles. The van der Waals surface area contributed by atoms with Crippen LogP contribution >= 0.6 is 50.9 Å². The van der Waals surface area contributed by atoms with Gasteiger partial charge in [0.15, 0.2) is 11.0 Å². The van der Waals surface area contributed by atoms with Crippen LogP contribution in [0.1, 0.15) is 5.56 Å². The zero-order chi connectivity index (χ0) is 23.2. The predicted octanol–water partition coefficient (Wildman–Crippen LogP) is 6.25. The Kier molecular flexibility index (Phi) is 7.82. The molecule has 0 fully saturated rings. The van der Waals surface area contributed by atoms with Gasteiger partial charge in [0.05, 0.1) is 12.0 Å². The maximum atomic E-state index is 12.4. The topological polar surface area (TPSA) is 72.2 Å². The number of rotatable bonds is 7. The number of amides is 1. The number of hydrazone groups is 1. The van der Waals surface area contributed by atoms with E-state index in [1.54, 1.807) is 30.5 Å². The number of carbonyl (C=O) groups is 1. The van der Waals surface area contributed by atoms with Crippen molar-refractivity contribution in [3.05, 3.63) is 92.9 Å². The normalized spacial score (nSPS) is 11.1. The second-order valence-corrected chi connectivity index (χ2v) is 9.40. The fraction of sp³-hybridized carbons (Fsp3) is 0.0435. The van der Waals surface area contributed by atoms with E-state index in [2.05, 4.69) is 36.7 Å². The van der Waals surface area contributed by atoms with Crippen molar-refractivity contribution >= 4 is 63.0 Å². The maximum absolute atomic E-state index is 12.4. The van der Waals surface area contributed by atoms with Gasteiger partial charge in [-0.3, -0.25) is 9.36 Å². The Morgan fingerprint density at radius 1 is 1.00 bits per heavy atom. The van der Waals surface area contributed by atoms with Gasteiger partial charge in [0.2, 0.25) is 0 Å². The summed E-state index contributed by atoms with van der Waals surface area (Å²) in [5.74, 6) is 0.477. The Balaban J connectivity index is 1.52. The molecule has 1 amide bonds. The van der Waals surface area contributed by atoms with E-state index in [9.17, 15) is 4.79 Å². The number of nitrogens with one attached hydrogen (secondary N) is 1. The molecule has 166 valence electrons. The molecule has 0 atom stereocenters. The Morgan fingerprint density at radius 2 is 1.67 bits per heavy atom. The van der Waals surface area contributed by atoms with Crippen LogP contribution in [0.15, 0.2) is 87.5 Å². The largest absolute Gasteiger partial charge is 0.272 e. The Morgan fingerprint density at radius 3 is 2.36 bits per heavy atom. The molecule has 0 aliphatic heterocycles. The predicted molar refractivity (Wildman–Crippen MR) is 137 cm³/mol. The van der Waals surface area contributed by atoms with Gasteiger partial charge in [0, 0.05) is 31.3 Å². The molecule has 0 bridgehead atoms. The molecule has 10 heteroatoms. The van der Waals surface area contributed by atoms with Crippen LogP contribution in [0, 0.1) is 0 Å². The van der Waals surface area contributed by atoms with Crippen LogP contribution in [0.5, 0.6) is 0 Å². The number of hydrogen-bond donors (Lipinski definition) is 1. The van der Waals surface area contributed by atoms with Gasteiger partial charge >= 0.3 is 0 Å². The average Bonchev–Trinajstić information content (AvgIpc) is 3.24. The molecule has 4 rings (SSSR count). The lowest BCUT2D eigenvalue weighted by Crippen LogP contribution is -2.20. The summed E-state index contributed by atoms with van der Waals surface area (Å²) in [5.41, 5.74) is 5.07. The van der Waals surface area contributed by atoms with E-state index in [1.165, 1.54) is 11.8 Å². The molecular weight excluding hydrogens is 545 g/mol. The lowest BCUT2D eigenvalue weighted by Gasteiger charge is -2.10. The molecule has 0 unspecified atom stereocenters. The average molecular weight is 561 g/mol. The van der Waals surface area contributed by atoms with Crippen molar-refractivity contribution in [2.75, 3.05) is 5.75 Å². The summed E-state index contributed by atoms with van der Waals surface area (Å²) in [6, 6.07) is 22.3. The molecule has 4 aromatic rings. The molecule has 0 radical (unpaired) electrons. The van der Waals surface area contributed by atoms with Crippen LogP contribution in [0.3, 0.4) is 0 Å². The Hall–Kier alpha value is -2.65. The van der Waals surface area contributed by atoms with Crippen LogP contribution in [0.4, 0.5) is 0 Å². The van der Waals surface area contributed by atoms with Crippen molar-refractivity contribution in [1.29, 1.82) is 0 Å². The number of hydrogen-bond acceptors (Lipinski definition) is 5. The summed E-state index contributed by atoms with van der Waals surface area (Å²) < 4.78 is 2.77. The minimum atomic E-state index is -0.262. The highest BCUT2D eigenvalue weighted by Gasteiger charge is 2.17. The second-order valence-electron chi connectivity index (χ2n) is 6.73. The van der Waals surface area contributed by atoms with Gasteiger partial charge in [-0.15, -0.1) is 10.2 Å². The van der Waals surface area contributed by atoms with Crippen LogP contribution in [0.2, 0.25) is 10.0 Å². The molecule has 0 aliphatic carbocycles. The number of nitrogens with zero attached hydrogens (tertiary/aromatic N) is 4. The summed E-state index contributed by atoms with van der Waals surface area (Å²) in [6.07, 6.45) is 1.58. The smallest absolute Gasteiger partial charge is 0.250 e. The minimum Gasteiger partial charge on any atom is -0.272 e. The highest BCUT2D eigenvalue weighted by atomic mass is 79.9. The van der Waals surface area contributed by atoms with Gasteiger partial charge in [-0.1, -0.05) is 69.1 Å². The van der Waals surface area contributed by atoms with E-state index in [4.69, 9.17) is 23.2 Å². The van der Waals surface area contributed by atoms with Gasteiger partial charge in [-0.05, 0) is 54.6 Å². The summed E-state index contributed by atoms with van der Waals surface area (Å²) >= 11 is 16.8. The molecule has 6 nitrogen and oxygen atoms in total. The van der Waals surface area contributed by atoms with Crippen LogP contribution in [0.25, 0.3) is 17.1 Å². The fourth-order valence-electron chi connectivity index (χ4n) is 2.89. The monoisotopic (exact) mass is 559 g/mol. The van der Waals surface area contributed by atoms with Crippen molar-refractivity contribution in [3.8, 4) is 17.1 Å².